The summed E-state index contributed by atoms with van der Waals surface area (Å²) >= 11 is 0. The monoisotopic (exact) mass is 459 g/mol. The lowest BCUT2D eigenvalue weighted by molar-refractivity contribution is 0.0490. The van der Waals surface area contributed by atoms with Gasteiger partial charge in [0, 0.05) is 16.8 Å². The van der Waals surface area contributed by atoms with Crippen LogP contribution in [0.1, 0.15) is 52.2 Å². The number of carbonyl (C=O) groups is 2. The fraction of sp³-hybridized carbons (Fsp3) is 0.231. The number of hydrazine groups is 1. The van der Waals surface area contributed by atoms with E-state index in [0.29, 0.717) is 40.7 Å². The standard InChI is InChI=1S/C26H25N3O5/c1-2-3-14-32-19-11-8-17(9-12-19)25(30)28-29-24(18-10-13-22-23(15-18)34-16-33-22)27-21-7-5-4-6-20(21)26(29)31/h4-13,15,24,27H,2-3,14,16H2,1H3,(H,28,30)/t24-/m1/s1. The number of unbranched alkanes of at least 4 members (excludes halogenated alkanes) is 1. The molecule has 2 N–H and O–H groups in total. The molecule has 5 rings (SSSR count). The Bertz CT molecular complexity index is 1210. The predicted molar refractivity (Wildman–Crippen MR) is 126 cm³/mol. The molecule has 3 aromatic rings. The third-order valence-corrected chi connectivity index (χ3v) is 5.74. The van der Waals surface area contributed by atoms with E-state index in [1.807, 2.05) is 24.3 Å². The summed E-state index contributed by atoms with van der Waals surface area (Å²) in [5, 5.41) is 4.67. The van der Waals surface area contributed by atoms with Crippen LogP contribution in [0.5, 0.6) is 17.2 Å². The predicted octanol–water partition coefficient (Wildman–Crippen LogP) is 4.51. The van der Waals surface area contributed by atoms with Gasteiger partial charge >= 0.3 is 0 Å². The van der Waals surface area contributed by atoms with Gasteiger partial charge in [0.2, 0.25) is 6.79 Å². The molecule has 0 aromatic heterocycles. The van der Waals surface area contributed by atoms with Gasteiger partial charge in [0.1, 0.15) is 11.9 Å². The molecule has 3 aromatic carbocycles. The third kappa shape index (κ3) is 4.22. The number of hydrogen-bond donors (Lipinski definition) is 2. The van der Waals surface area contributed by atoms with Gasteiger partial charge in [-0.3, -0.25) is 15.0 Å². The number of anilines is 1. The van der Waals surface area contributed by atoms with Crippen molar-refractivity contribution in [1.29, 1.82) is 0 Å². The lowest BCUT2D eigenvalue weighted by Gasteiger charge is -2.37. The number of nitrogens with one attached hydrogen (secondary N) is 2. The summed E-state index contributed by atoms with van der Waals surface area (Å²) in [4.78, 5) is 26.5. The largest absolute Gasteiger partial charge is 0.494 e. The number of carbonyl (C=O) groups excluding carboxylic acids is 2. The second-order valence-electron chi connectivity index (χ2n) is 8.05. The van der Waals surface area contributed by atoms with Crippen LogP contribution >= 0.6 is 0 Å². The molecule has 2 heterocycles. The van der Waals surface area contributed by atoms with Crippen molar-refractivity contribution < 1.29 is 23.8 Å². The Morgan fingerprint density at radius 3 is 2.71 bits per heavy atom. The molecule has 2 aliphatic rings. The lowest BCUT2D eigenvalue weighted by Crippen LogP contribution is -2.52. The van der Waals surface area contributed by atoms with Crippen molar-refractivity contribution in [1.82, 2.24) is 10.4 Å². The average molecular weight is 460 g/mol. The first-order valence-corrected chi connectivity index (χ1v) is 11.3. The molecule has 8 heteroatoms. The number of nitrogens with zero attached hydrogens (tertiary/aromatic N) is 1. The zero-order chi connectivity index (χ0) is 23.5. The molecule has 34 heavy (non-hydrogen) atoms. The van der Waals surface area contributed by atoms with Crippen LogP contribution < -0.4 is 25.0 Å². The number of para-hydroxylation sites is 1. The summed E-state index contributed by atoms with van der Waals surface area (Å²) in [5.41, 5.74) is 5.10. The molecule has 0 unspecified atom stereocenters. The quantitative estimate of drug-likeness (QED) is 0.506. The van der Waals surface area contributed by atoms with Crippen LogP contribution in [-0.2, 0) is 0 Å². The zero-order valence-electron chi connectivity index (χ0n) is 18.7. The lowest BCUT2D eigenvalue weighted by atomic mass is 10.0. The minimum absolute atomic E-state index is 0.150. The van der Waals surface area contributed by atoms with Crippen molar-refractivity contribution >= 4 is 17.5 Å². The van der Waals surface area contributed by atoms with Crippen molar-refractivity contribution in [2.24, 2.45) is 0 Å². The summed E-state index contributed by atoms with van der Waals surface area (Å²) in [7, 11) is 0. The van der Waals surface area contributed by atoms with Gasteiger partial charge in [-0.1, -0.05) is 31.5 Å². The highest BCUT2D eigenvalue weighted by atomic mass is 16.7. The van der Waals surface area contributed by atoms with Gasteiger partial charge in [-0.05, 0) is 55.0 Å². The van der Waals surface area contributed by atoms with Crippen molar-refractivity contribution in [3.05, 3.63) is 83.4 Å². The molecule has 0 spiro atoms. The summed E-state index contributed by atoms with van der Waals surface area (Å²) in [6.07, 6.45) is 1.37. The summed E-state index contributed by atoms with van der Waals surface area (Å²) < 4.78 is 16.6. The molecular formula is C26H25N3O5. The van der Waals surface area contributed by atoms with Gasteiger partial charge in [0.05, 0.1) is 12.2 Å². The Kier molecular flexibility index (Phi) is 5.95. The fourth-order valence-corrected chi connectivity index (χ4v) is 3.90. The molecule has 0 saturated heterocycles. The van der Waals surface area contributed by atoms with Gasteiger partial charge < -0.3 is 19.5 Å². The smallest absolute Gasteiger partial charge is 0.276 e. The second-order valence-corrected chi connectivity index (χ2v) is 8.05. The van der Waals surface area contributed by atoms with Gasteiger partial charge in [-0.2, -0.15) is 0 Å². The number of ether oxygens (including phenoxy) is 3. The van der Waals surface area contributed by atoms with E-state index < -0.39 is 12.1 Å². The summed E-state index contributed by atoms with van der Waals surface area (Å²) in [6, 6.07) is 19.5. The Hall–Kier alpha value is -4.20. The van der Waals surface area contributed by atoms with Crippen LogP contribution in [0.3, 0.4) is 0 Å². The summed E-state index contributed by atoms with van der Waals surface area (Å²) in [6.45, 7) is 2.88. The Balaban J connectivity index is 1.40. The Morgan fingerprint density at radius 2 is 1.88 bits per heavy atom. The van der Waals surface area contributed by atoms with E-state index in [1.165, 1.54) is 5.01 Å². The van der Waals surface area contributed by atoms with Crippen LogP contribution in [0, 0.1) is 0 Å². The van der Waals surface area contributed by atoms with Crippen molar-refractivity contribution in [3.8, 4) is 17.2 Å². The molecule has 2 amide bonds. The van der Waals surface area contributed by atoms with Gasteiger partial charge in [0.25, 0.3) is 11.8 Å². The zero-order valence-corrected chi connectivity index (χ0v) is 18.7. The minimum atomic E-state index is -0.641. The SMILES string of the molecule is CCCCOc1ccc(C(=O)NN2C(=O)c3ccccc3N[C@H]2c2ccc3c(c2)OCO3)cc1. The number of amides is 2. The van der Waals surface area contributed by atoms with E-state index in [9.17, 15) is 9.59 Å². The maximum atomic E-state index is 13.4. The highest BCUT2D eigenvalue weighted by Gasteiger charge is 2.35. The van der Waals surface area contributed by atoms with Crippen LogP contribution in [0.4, 0.5) is 5.69 Å². The molecule has 1 atom stereocenters. The van der Waals surface area contributed by atoms with Crippen molar-refractivity contribution in [2.75, 3.05) is 18.7 Å². The van der Waals surface area contributed by atoms with E-state index in [-0.39, 0.29) is 12.7 Å². The highest BCUT2D eigenvalue weighted by molar-refractivity contribution is 6.04. The first-order valence-electron chi connectivity index (χ1n) is 11.3. The van der Waals surface area contributed by atoms with Gasteiger partial charge in [-0.15, -0.1) is 0 Å². The van der Waals surface area contributed by atoms with Crippen LogP contribution in [0.2, 0.25) is 0 Å². The Labute approximate surface area is 197 Å². The molecular weight excluding hydrogens is 434 g/mol. The fourth-order valence-electron chi connectivity index (χ4n) is 3.90. The molecule has 8 nitrogen and oxygen atoms in total. The maximum absolute atomic E-state index is 13.4. The first-order chi connectivity index (χ1) is 16.6. The molecule has 0 fully saturated rings. The van der Waals surface area contributed by atoms with Gasteiger partial charge in [0.15, 0.2) is 11.5 Å². The number of hydrogen-bond acceptors (Lipinski definition) is 6. The molecule has 0 saturated carbocycles. The topological polar surface area (TPSA) is 89.1 Å². The molecule has 2 aliphatic heterocycles. The normalized spacial score (nSPS) is 16.0. The third-order valence-electron chi connectivity index (χ3n) is 5.74. The van der Waals surface area contributed by atoms with E-state index in [1.54, 1.807) is 42.5 Å². The van der Waals surface area contributed by atoms with E-state index in [4.69, 9.17) is 14.2 Å². The molecule has 0 aliphatic carbocycles. The highest BCUT2D eigenvalue weighted by Crippen LogP contribution is 2.38. The maximum Gasteiger partial charge on any atom is 0.276 e. The van der Waals surface area contributed by atoms with Gasteiger partial charge in [-0.25, -0.2) is 5.01 Å². The van der Waals surface area contributed by atoms with Crippen LogP contribution in [0.15, 0.2) is 66.7 Å². The van der Waals surface area contributed by atoms with Crippen molar-refractivity contribution in [2.45, 2.75) is 25.9 Å². The minimum Gasteiger partial charge on any atom is -0.494 e. The first kappa shape index (κ1) is 21.6. The molecule has 0 radical (unpaired) electrons. The van der Waals surface area contributed by atoms with Crippen LogP contribution in [0.25, 0.3) is 0 Å². The molecule has 174 valence electrons. The number of benzene rings is 3. The molecule has 0 bridgehead atoms. The van der Waals surface area contributed by atoms with Crippen LogP contribution in [-0.4, -0.2) is 30.2 Å². The average Bonchev–Trinajstić information content (AvgIpc) is 3.34. The van der Waals surface area contributed by atoms with Crippen molar-refractivity contribution in [3.63, 3.8) is 0 Å². The van der Waals surface area contributed by atoms with E-state index >= 15 is 0 Å². The second kappa shape index (κ2) is 9.35. The summed E-state index contributed by atoms with van der Waals surface area (Å²) in [5.74, 6) is 1.22. The van der Waals surface area contributed by atoms with E-state index in [0.717, 1.165) is 18.4 Å². The van der Waals surface area contributed by atoms with E-state index in [2.05, 4.69) is 17.7 Å². The Morgan fingerprint density at radius 1 is 1.09 bits per heavy atom. The number of fused-ring (bicyclic) bond motifs is 2. The number of rotatable bonds is 7.